The Labute approximate surface area is 235 Å². The Bertz CT molecular complexity index is 1570. The third-order valence-corrected chi connectivity index (χ3v) is 6.67. The summed E-state index contributed by atoms with van der Waals surface area (Å²) in [5.41, 5.74) is 3.31. The van der Waals surface area contributed by atoms with Gasteiger partial charge in [0.15, 0.2) is 11.6 Å². The number of rotatable bonds is 8. The molecule has 2 amide bonds. The molecule has 2 atom stereocenters. The van der Waals surface area contributed by atoms with Gasteiger partial charge in [0.1, 0.15) is 23.7 Å². The second-order valence-electron chi connectivity index (χ2n) is 9.40. The van der Waals surface area contributed by atoms with Crippen molar-refractivity contribution < 1.29 is 23.1 Å². The molecular formula is C29H27F2N7O3. The Balaban J connectivity index is 1.43. The summed E-state index contributed by atoms with van der Waals surface area (Å²) < 4.78 is 34.4. The predicted molar refractivity (Wildman–Crippen MR) is 146 cm³/mol. The minimum absolute atomic E-state index is 0.278. The maximum Gasteiger partial charge on any atom is 0.320 e. The van der Waals surface area contributed by atoms with Crippen molar-refractivity contribution in [2.45, 2.75) is 19.1 Å². The maximum atomic E-state index is 14.1. The molecule has 5 rings (SSSR count). The topological polar surface area (TPSA) is 117 Å². The van der Waals surface area contributed by atoms with E-state index in [2.05, 4.69) is 15.6 Å². The average molecular weight is 560 g/mol. The number of benzene rings is 2. The monoisotopic (exact) mass is 559 g/mol. The lowest BCUT2D eigenvalue weighted by molar-refractivity contribution is -0.154. The van der Waals surface area contributed by atoms with Crippen LogP contribution in [0.25, 0.3) is 16.9 Å². The Hall–Kier alpha value is -4.70. The first-order valence-electron chi connectivity index (χ1n) is 12.8. The normalized spacial score (nSPS) is 16.9. The van der Waals surface area contributed by atoms with Gasteiger partial charge in [-0.25, -0.2) is 23.2 Å². The van der Waals surface area contributed by atoms with Gasteiger partial charge in [0, 0.05) is 37.5 Å². The average Bonchev–Trinajstić information content (AvgIpc) is 3.54. The number of para-hydroxylation sites is 1. The van der Waals surface area contributed by atoms with E-state index in [1.54, 1.807) is 35.2 Å². The number of hydrogen-bond acceptors (Lipinski definition) is 7. The highest BCUT2D eigenvalue weighted by Crippen LogP contribution is 2.32. The highest BCUT2D eigenvalue weighted by atomic mass is 19.2. The number of ether oxygens (including phenoxy) is 1. The van der Waals surface area contributed by atoms with E-state index in [1.807, 2.05) is 43.3 Å². The second kappa shape index (κ2) is 12.2. The summed E-state index contributed by atoms with van der Waals surface area (Å²) >= 11 is 0. The predicted octanol–water partition coefficient (Wildman–Crippen LogP) is 4.52. The molecular weight excluding hydrogens is 532 g/mol. The molecule has 0 saturated carbocycles. The zero-order valence-electron chi connectivity index (χ0n) is 22.3. The largest absolute Gasteiger partial charge is 0.383 e. The molecule has 2 aromatic heterocycles. The van der Waals surface area contributed by atoms with E-state index in [-0.39, 0.29) is 5.69 Å². The number of halogens is 2. The first-order valence-corrected chi connectivity index (χ1v) is 12.8. The van der Waals surface area contributed by atoms with Crippen LogP contribution in [0.1, 0.15) is 22.9 Å². The van der Waals surface area contributed by atoms with Gasteiger partial charge in [-0.05, 0) is 48.9 Å². The van der Waals surface area contributed by atoms with Gasteiger partial charge >= 0.3 is 6.03 Å². The van der Waals surface area contributed by atoms with Gasteiger partial charge in [0.05, 0.1) is 24.0 Å². The van der Waals surface area contributed by atoms with Crippen LogP contribution in [0.2, 0.25) is 0 Å². The highest BCUT2D eigenvalue weighted by Gasteiger charge is 2.37. The number of nitrogens with one attached hydrogen (secondary N) is 2. The number of hydroxylamine groups is 2. The maximum absolute atomic E-state index is 14.1. The summed E-state index contributed by atoms with van der Waals surface area (Å²) in [5, 5.41) is 21.3. The Morgan fingerprint density at radius 3 is 2.66 bits per heavy atom. The number of aromatic nitrogens is 3. The van der Waals surface area contributed by atoms with Gasteiger partial charge in [-0.2, -0.15) is 15.4 Å². The first kappa shape index (κ1) is 27.9. The number of methoxy groups -OCH3 is 1. The Morgan fingerprint density at radius 1 is 1.17 bits per heavy atom. The van der Waals surface area contributed by atoms with Gasteiger partial charge in [-0.3, -0.25) is 10.2 Å². The van der Waals surface area contributed by atoms with E-state index >= 15 is 0 Å². The van der Waals surface area contributed by atoms with E-state index in [0.29, 0.717) is 53.6 Å². The summed E-state index contributed by atoms with van der Waals surface area (Å²) in [5.74, 6) is -1.55. The zero-order valence-corrected chi connectivity index (χ0v) is 22.3. The van der Waals surface area contributed by atoms with Gasteiger partial charge in [-0.1, -0.05) is 24.3 Å². The molecule has 210 valence electrons. The number of anilines is 1. The van der Waals surface area contributed by atoms with E-state index in [4.69, 9.17) is 19.9 Å². The molecule has 3 heterocycles. The number of nitrogens with zero attached hydrogens (tertiary/aromatic N) is 5. The lowest BCUT2D eigenvalue weighted by Crippen LogP contribution is -2.42. The van der Waals surface area contributed by atoms with Crippen LogP contribution in [0.3, 0.4) is 0 Å². The molecule has 2 N–H and O–H groups in total. The van der Waals surface area contributed by atoms with Gasteiger partial charge in [-0.15, -0.1) is 0 Å². The second-order valence-corrected chi connectivity index (χ2v) is 9.40. The quantitative estimate of drug-likeness (QED) is 0.326. The van der Waals surface area contributed by atoms with Crippen molar-refractivity contribution in [2.75, 3.05) is 32.1 Å². The molecule has 1 fully saturated rings. The summed E-state index contributed by atoms with van der Waals surface area (Å²) in [6, 6.07) is 17.0. The lowest BCUT2D eigenvalue weighted by Gasteiger charge is -2.20. The summed E-state index contributed by atoms with van der Waals surface area (Å²) in [4.78, 5) is 23.5. The number of pyridine rings is 1. The van der Waals surface area contributed by atoms with Gasteiger partial charge in [0.25, 0.3) is 0 Å². The zero-order chi connectivity index (χ0) is 28.9. The van der Waals surface area contributed by atoms with Gasteiger partial charge < -0.3 is 10.1 Å². The number of amides is 2. The molecule has 41 heavy (non-hydrogen) atoms. The van der Waals surface area contributed by atoms with E-state index < -0.39 is 29.8 Å². The van der Waals surface area contributed by atoms with E-state index in [9.17, 15) is 13.6 Å². The van der Waals surface area contributed by atoms with Crippen LogP contribution in [-0.4, -0.2) is 58.7 Å². The molecule has 0 radical (unpaired) electrons. The van der Waals surface area contributed by atoms with Crippen molar-refractivity contribution >= 4 is 11.8 Å². The molecule has 10 nitrogen and oxygen atoms in total. The van der Waals surface area contributed by atoms with Crippen molar-refractivity contribution in [1.82, 2.24) is 25.1 Å². The van der Waals surface area contributed by atoms with Crippen molar-refractivity contribution in [3.05, 3.63) is 95.3 Å². The number of carbonyl (C=O) groups is 1. The van der Waals surface area contributed by atoms with Crippen LogP contribution >= 0.6 is 0 Å². The third kappa shape index (κ3) is 6.07. The molecule has 1 aliphatic heterocycles. The fraction of sp³-hybridized carbons (Fsp3) is 0.241. The molecule has 4 aromatic rings. The smallest absolute Gasteiger partial charge is 0.320 e. The van der Waals surface area contributed by atoms with Gasteiger partial charge in [0.2, 0.25) is 0 Å². The number of carbonyl (C=O) groups excluding carboxylic acids is 1. The number of nitriles is 1. The third-order valence-electron chi connectivity index (χ3n) is 6.67. The fourth-order valence-electron chi connectivity index (χ4n) is 4.62. The molecule has 1 aliphatic rings. The molecule has 1 saturated heterocycles. The molecule has 0 aliphatic carbocycles. The van der Waals surface area contributed by atoms with Crippen LogP contribution in [0.5, 0.6) is 0 Å². The number of hydrogen-bond donors (Lipinski definition) is 2. The van der Waals surface area contributed by atoms with Crippen LogP contribution < -0.4 is 10.6 Å². The molecule has 0 spiro atoms. The molecule has 0 bridgehead atoms. The fourth-order valence-corrected chi connectivity index (χ4v) is 4.62. The van der Waals surface area contributed by atoms with Crippen LogP contribution in [0, 0.1) is 29.9 Å². The molecule has 0 unspecified atom stereocenters. The van der Waals surface area contributed by atoms with Crippen molar-refractivity contribution in [3.63, 3.8) is 0 Å². The van der Waals surface area contributed by atoms with Crippen LogP contribution in [-0.2, 0) is 9.57 Å². The molecule has 12 heteroatoms. The van der Waals surface area contributed by atoms with Crippen molar-refractivity contribution in [3.8, 4) is 23.0 Å². The van der Waals surface area contributed by atoms with E-state index in [0.717, 1.165) is 12.1 Å². The van der Waals surface area contributed by atoms with E-state index in [1.165, 1.54) is 6.07 Å². The summed E-state index contributed by atoms with van der Waals surface area (Å²) in [6.45, 7) is 2.91. The minimum atomic E-state index is -1.00. The Morgan fingerprint density at radius 2 is 1.98 bits per heavy atom. The summed E-state index contributed by atoms with van der Waals surface area (Å²) in [7, 11) is 1.56. The summed E-state index contributed by atoms with van der Waals surface area (Å²) in [6.07, 6.45) is 0.803. The lowest BCUT2D eigenvalue weighted by atomic mass is 10.0. The Kier molecular flexibility index (Phi) is 8.30. The van der Waals surface area contributed by atoms with Crippen molar-refractivity contribution in [2.24, 2.45) is 0 Å². The van der Waals surface area contributed by atoms with Crippen molar-refractivity contribution in [1.29, 1.82) is 5.26 Å². The minimum Gasteiger partial charge on any atom is -0.383 e. The van der Waals surface area contributed by atoms with Crippen LogP contribution in [0.15, 0.2) is 66.9 Å². The van der Waals surface area contributed by atoms with Crippen LogP contribution in [0.4, 0.5) is 19.4 Å². The first-order chi connectivity index (χ1) is 19.9. The highest BCUT2D eigenvalue weighted by molar-refractivity contribution is 5.91. The SMILES string of the molecule is COCCN1C[C@@H](NC(=O)Nc2c(C)c(-c3ccc(C#N)nc3)nn2-c2ccccc2)[C@H](c2ccc(F)c(F)c2)O1. The standard InChI is InChI=1S/C29H27F2N7O3/c1-18-26(20-8-10-21(15-32)33-16-20)36-38(22-6-4-3-5-7-22)28(18)35-29(39)34-25-17-37(12-13-40-2)41-27(25)19-9-11-23(30)24(31)14-19/h3-11,14,16,25,27H,12-13,17H2,1-2H3,(H2,34,35,39)/t25-,27+/m1/s1. The number of urea groups is 1. The molecule has 2 aromatic carbocycles.